The van der Waals surface area contributed by atoms with Gasteiger partial charge in [0.15, 0.2) is 0 Å². The van der Waals surface area contributed by atoms with Crippen LogP contribution in [0.4, 0.5) is 0 Å². The summed E-state index contributed by atoms with van der Waals surface area (Å²) in [5.41, 5.74) is 0. The van der Waals surface area contributed by atoms with E-state index in [1.807, 2.05) is 0 Å². The third-order valence-electron chi connectivity index (χ3n) is 0.0942. The Hall–Kier alpha value is -0.340. The van der Waals surface area contributed by atoms with Crippen molar-refractivity contribution in [3.05, 3.63) is 0 Å². The van der Waals surface area contributed by atoms with Crippen molar-refractivity contribution in [1.82, 2.24) is 6.15 Å². The zero-order chi connectivity index (χ0) is 9.71. The fraction of sp³-hybridized carbons (Fsp3) is 0. The summed E-state index contributed by atoms with van der Waals surface area (Å²) in [6.45, 7) is 0. The molecule has 0 spiro atoms. The van der Waals surface area contributed by atoms with E-state index in [-0.39, 0.29) is 6.15 Å². The predicted octanol–water partition coefficient (Wildman–Crippen LogP) is -1.21. The first-order valence-electron chi connectivity index (χ1n) is 1.56. The maximum atomic E-state index is 9.08. The number of rotatable bonds is 1. The first-order valence-corrected chi connectivity index (χ1v) is 4.33. The Morgan fingerprint density at radius 1 is 0.917 bits per heavy atom. The molecule has 0 fully saturated rings. The zero-order valence-electron chi connectivity index (χ0n) is 5.35. The second-order valence-corrected chi connectivity index (χ2v) is 2.85. The highest BCUT2D eigenvalue weighted by atomic mass is 32.3. The molecule has 0 aromatic heterocycles. The van der Waals surface area contributed by atoms with Gasteiger partial charge in [-0.25, -0.2) is 5.26 Å². The van der Waals surface area contributed by atoms with Crippen LogP contribution in [0.1, 0.15) is 0 Å². The minimum atomic E-state index is -4.67. The molecule has 0 radical (unpaired) electrons. The lowest BCUT2D eigenvalue weighted by atomic mass is 14.0. The standard InChI is InChI=1S/H3N.H2O5S.H2O4S/c;1-5-6(2,3)4;1-5(2,3)4/h1H3;1H,(H,2,3,4);(H2,1,2,3,4). The van der Waals surface area contributed by atoms with Gasteiger partial charge in [-0.2, -0.15) is 16.8 Å². The van der Waals surface area contributed by atoms with E-state index in [1.165, 1.54) is 0 Å². The molecule has 10 nitrogen and oxygen atoms in total. The highest BCUT2D eigenvalue weighted by molar-refractivity contribution is 7.80. The molecule has 7 N–H and O–H groups in total. The van der Waals surface area contributed by atoms with Crippen molar-refractivity contribution in [1.29, 1.82) is 0 Å². The highest BCUT2D eigenvalue weighted by Crippen LogP contribution is 1.74. The summed E-state index contributed by atoms with van der Waals surface area (Å²) in [5.74, 6) is 0. The molecule has 0 saturated carbocycles. The Bertz CT molecular complexity index is 260. The first kappa shape index (κ1) is 17.7. The second-order valence-electron chi connectivity index (χ2n) is 0.950. The van der Waals surface area contributed by atoms with Crippen LogP contribution in [0.15, 0.2) is 0 Å². The molecule has 0 atom stereocenters. The largest absolute Gasteiger partial charge is 0.423 e. The lowest BCUT2D eigenvalue weighted by molar-refractivity contribution is -0.139. The molecule has 78 valence electrons. The Balaban J connectivity index is -0.000000126. The van der Waals surface area contributed by atoms with Gasteiger partial charge in [0.25, 0.3) is 0 Å². The van der Waals surface area contributed by atoms with E-state index in [0.717, 1.165) is 0 Å². The molecule has 0 aliphatic carbocycles. The Kier molecular flexibility index (Phi) is 9.14. The third-order valence-corrected chi connectivity index (χ3v) is 0.283. The van der Waals surface area contributed by atoms with E-state index >= 15 is 0 Å². The summed E-state index contributed by atoms with van der Waals surface area (Å²) in [4.78, 5) is 0. The Labute approximate surface area is 67.8 Å². The van der Waals surface area contributed by atoms with Gasteiger partial charge in [-0.1, -0.05) is 4.33 Å². The van der Waals surface area contributed by atoms with Gasteiger partial charge in [-0.3, -0.25) is 13.7 Å². The smallest absolute Gasteiger partial charge is 0.344 e. The van der Waals surface area contributed by atoms with Crippen molar-refractivity contribution in [3.8, 4) is 0 Å². The van der Waals surface area contributed by atoms with Crippen LogP contribution in [0.5, 0.6) is 0 Å². The summed E-state index contributed by atoms with van der Waals surface area (Å²) >= 11 is 0. The van der Waals surface area contributed by atoms with Gasteiger partial charge < -0.3 is 6.15 Å². The SMILES string of the molecule is N.O=S(=O)(O)O.O=S(=O)(O)OO. The molecule has 0 aliphatic rings. The van der Waals surface area contributed by atoms with Gasteiger partial charge in [0.2, 0.25) is 0 Å². The van der Waals surface area contributed by atoms with E-state index in [9.17, 15) is 0 Å². The minimum Gasteiger partial charge on any atom is -0.344 e. The van der Waals surface area contributed by atoms with Crippen LogP contribution in [0.2, 0.25) is 0 Å². The van der Waals surface area contributed by atoms with Gasteiger partial charge >= 0.3 is 20.8 Å². The molecule has 0 unspecified atom stereocenters. The van der Waals surface area contributed by atoms with Crippen molar-refractivity contribution in [2.24, 2.45) is 0 Å². The maximum absolute atomic E-state index is 9.08. The first-order chi connectivity index (χ1) is 4.56. The summed E-state index contributed by atoms with van der Waals surface area (Å²) in [6, 6.07) is 0. The van der Waals surface area contributed by atoms with E-state index in [2.05, 4.69) is 4.33 Å². The molecule has 12 heteroatoms. The van der Waals surface area contributed by atoms with Crippen molar-refractivity contribution in [2.75, 3.05) is 0 Å². The topological polar surface area (TPSA) is 193 Å². The summed E-state index contributed by atoms with van der Waals surface area (Å²) in [5, 5.41) is 7.06. The van der Waals surface area contributed by atoms with Crippen LogP contribution in [-0.2, 0) is 25.1 Å². The van der Waals surface area contributed by atoms with Crippen LogP contribution in [0.25, 0.3) is 0 Å². The third kappa shape index (κ3) is 102. The van der Waals surface area contributed by atoms with Gasteiger partial charge in [0, 0.05) is 0 Å². The maximum Gasteiger partial charge on any atom is 0.423 e. The predicted molar refractivity (Wildman–Crippen MR) is 34.5 cm³/mol. The van der Waals surface area contributed by atoms with Crippen LogP contribution >= 0.6 is 0 Å². The zero-order valence-corrected chi connectivity index (χ0v) is 6.99. The van der Waals surface area contributed by atoms with Crippen molar-refractivity contribution < 1.29 is 40.1 Å². The Morgan fingerprint density at radius 3 is 1.00 bits per heavy atom. The lowest BCUT2D eigenvalue weighted by Crippen LogP contribution is -1.97. The highest BCUT2D eigenvalue weighted by Gasteiger charge is 1.97. The monoisotopic (exact) mass is 229 g/mol. The second kappa shape index (κ2) is 6.21. The molecule has 0 heterocycles. The quantitative estimate of drug-likeness (QED) is 0.206. The molecule has 0 rings (SSSR count). The number of hydrogen-bond acceptors (Lipinski definition) is 7. The minimum absolute atomic E-state index is 0. The van der Waals surface area contributed by atoms with E-state index < -0.39 is 20.8 Å². The lowest BCUT2D eigenvalue weighted by Gasteiger charge is -1.79. The van der Waals surface area contributed by atoms with E-state index in [0.29, 0.717) is 0 Å². The summed E-state index contributed by atoms with van der Waals surface area (Å²) in [7, 11) is -9.27. The Morgan fingerprint density at radius 2 is 1.00 bits per heavy atom. The van der Waals surface area contributed by atoms with Crippen molar-refractivity contribution >= 4 is 20.8 Å². The van der Waals surface area contributed by atoms with Crippen LogP contribution in [0.3, 0.4) is 0 Å². The number of hydrogen-bond donors (Lipinski definition) is 5. The van der Waals surface area contributed by atoms with Gasteiger partial charge in [0.1, 0.15) is 0 Å². The van der Waals surface area contributed by atoms with Crippen LogP contribution in [0, 0.1) is 0 Å². The van der Waals surface area contributed by atoms with Crippen molar-refractivity contribution in [3.63, 3.8) is 0 Å². The van der Waals surface area contributed by atoms with Gasteiger partial charge in [0.05, 0.1) is 0 Å². The van der Waals surface area contributed by atoms with E-state index in [4.69, 9.17) is 35.8 Å². The average Bonchev–Trinajstić information content (AvgIpc) is 1.59. The molecule has 0 amide bonds. The van der Waals surface area contributed by atoms with E-state index in [1.54, 1.807) is 0 Å². The normalized spacial score (nSPS) is 10.7. The van der Waals surface area contributed by atoms with Gasteiger partial charge in [-0.15, -0.1) is 0 Å². The molecule has 12 heavy (non-hydrogen) atoms. The van der Waals surface area contributed by atoms with Crippen LogP contribution in [-0.4, -0.2) is 35.8 Å². The fourth-order valence-electron chi connectivity index (χ4n) is 0. The fourth-order valence-corrected chi connectivity index (χ4v) is 0. The molecular formula is H7NO9S2. The summed E-state index contributed by atoms with van der Waals surface area (Å²) in [6.07, 6.45) is 0. The molecule has 0 aromatic carbocycles. The molecule has 0 saturated heterocycles. The van der Waals surface area contributed by atoms with Crippen molar-refractivity contribution in [2.45, 2.75) is 0 Å². The molecule has 0 aliphatic heterocycles. The summed E-state index contributed by atoms with van der Waals surface area (Å²) < 4.78 is 59.5. The molecular weight excluding hydrogens is 222 g/mol. The molecule has 0 aromatic rings. The van der Waals surface area contributed by atoms with Crippen LogP contribution < -0.4 is 6.15 Å². The molecule has 0 bridgehead atoms. The average molecular weight is 229 g/mol. The van der Waals surface area contributed by atoms with Gasteiger partial charge in [-0.05, 0) is 0 Å².